The molecule has 1 heterocycles. The van der Waals surface area contributed by atoms with Gasteiger partial charge in [-0.15, -0.1) is 0 Å². The maximum atomic E-state index is 12.5. The highest BCUT2D eigenvalue weighted by atomic mass is 35.5. The van der Waals surface area contributed by atoms with E-state index in [1.165, 1.54) is 0 Å². The van der Waals surface area contributed by atoms with Gasteiger partial charge in [-0.2, -0.15) is 0 Å². The molecule has 120 valence electrons. The fourth-order valence-corrected chi connectivity index (χ4v) is 2.96. The first-order chi connectivity index (χ1) is 10.4. The summed E-state index contributed by atoms with van der Waals surface area (Å²) in [6.45, 7) is 7.25. The molecule has 0 radical (unpaired) electrons. The Hall–Kier alpha value is -1.55. The lowest BCUT2D eigenvalue weighted by Crippen LogP contribution is -2.37. The summed E-state index contributed by atoms with van der Waals surface area (Å²) in [7, 11) is 0. The number of benzene rings is 1. The zero-order chi connectivity index (χ0) is 16.3. The first kappa shape index (κ1) is 16.8. The van der Waals surface area contributed by atoms with Crippen molar-refractivity contribution in [1.82, 2.24) is 10.2 Å². The van der Waals surface area contributed by atoms with Gasteiger partial charge in [0.1, 0.15) is 0 Å². The van der Waals surface area contributed by atoms with Gasteiger partial charge in [-0.3, -0.25) is 9.59 Å². The number of amides is 2. The van der Waals surface area contributed by atoms with Gasteiger partial charge >= 0.3 is 0 Å². The molecule has 0 saturated carbocycles. The zero-order valence-corrected chi connectivity index (χ0v) is 14.1. The van der Waals surface area contributed by atoms with Crippen LogP contribution in [-0.4, -0.2) is 29.8 Å². The molecule has 5 heteroatoms. The Morgan fingerprint density at radius 3 is 2.50 bits per heavy atom. The highest BCUT2D eigenvalue weighted by Gasteiger charge is 2.34. The van der Waals surface area contributed by atoms with Crippen molar-refractivity contribution in [3.8, 4) is 0 Å². The first-order valence-corrected chi connectivity index (χ1v) is 8.13. The van der Waals surface area contributed by atoms with E-state index >= 15 is 0 Å². The Bertz CT molecular complexity index is 542. The molecule has 1 aliphatic rings. The van der Waals surface area contributed by atoms with Gasteiger partial charge in [-0.05, 0) is 30.5 Å². The lowest BCUT2D eigenvalue weighted by atomic mass is 9.95. The molecular formula is C17H23ClN2O2. The molecule has 1 aliphatic heterocycles. The van der Waals surface area contributed by atoms with Crippen LogP contribution in [-0.2, 0) is 9.59 Å². The van der Waals surface area contributed by atoms with Crippen LogP contribution in [0.3, 0.4) is 0 Å². The van der Waals surface area contributed by atoms with Crippen molar-refractivity contribution >= 4 is 23.4 Å². The van der Waals surface area contributed by atoms with Gasteiger partial charge in [0.05, 0.1) is 12.0 Å². The molecule has 22 heavy (non-hydrogen) atoms. The number of hydrogen-bond acceptors (Lipinski definition) is 2. The smallest absolute Gasteiger partial charge is 0.225 e. The fraction of sp³-hybridized carbons (Fsp3) is 0.529. The molecule has 4 nitrogen and oxygen atoms in total. The minimum absolute atomic E-state index is 0.0436. The summed E-state index contributed by atoms with van der Waals surface area (Å²) in [4.78, 5) is 26.0. The van der Waals surface area contributed by atoms with Crippen LogP contribution in [0.25, 0.3) is 0 Å². The van der Waals surface area contributed by atoms with Crippen molar-refractivity contribution in [2.24, 2.45) is 11.8 Å². The topological polar surface area (TPSA) is 49.4 Å². The van der Waals surface area contributed by atoms with Crippen molar-refractivity contribution in [1.29, 1.82) is 0 Å². The van der Waals surface area contributed by atoms with Crippen LogP contribution < -0.4 is 5.32 Å². The van der Waals surface area contributed by atoms with Gasteiger partial charge in [0.2, 0.25) is 11.8 Å². The minimum atomic E-state index is -0.249. The largest absolute Gasteiger partial charge is 0.349 e. The van der Waals surface area contributed by atoms with Crippen LogP contribution in [0.15, 0.2) is 24.3 Å². The summed E-state index contributed by atoms with van der Waals surface area (Å²) in [6.07, 6.45) is 0.311. The normalized spacial score (nSPS) is 19.6. The van der Waals surface area contributed by atoms with Gasteiger partial charge in [-0.1, -0.05) is 37.6 Å². The van der Waals surface area contributed by atoms with E-state index in [1.807, 2.05) is 31.2 Å². The monoisotopic (exact) mass is 322 g/mol. The summed E-state index contributed by atoms with van der Waals surface area (Å²) in [5, 5.41) is 3.78. The second kappa shape index (κ2) is 7.14. The highest BCUT2D eigenvalue weighted by molar-refractivity contribution is 6.30. The Morgan fingerprint density at radius 2 is 2.00 bits per heavy atom. The van der Waals surface area contributed by atoms with Crippen LogP contribution >= 0.6 is 11.6 Å². The molecular weight excluding hydrogens is 300 g/mol. The number of nitrogens with zero attached hydrogens (tertiary/aromatic N) is 1. The number of rotatable bonds is 5. The molecule has 2 amide bonds. The van der Waals surface area contributed by atoms with E-state index < -0.39 is 0 Å². The summed E-state index contributed by atoms with van der Waals surface area (Å²) < 4.78 is 0. The predicted octanol–water partition coefficient (Wildman–Crippen LogP) is 3.02. The third kappa shape index (κ3) is 3.80. The van der Waals surface area contributed by atoms with Crippen LogP contribution in [0.1, 0.15) is 38.8 Å². The second-order valence-corrected chi connectivity index (χ2v) is 6.55. The number of carbonyl (C=O) groups is 2. The fourth-order valence-electron chi connectivity index (χ4n) is 2.83. The molecule has 1 N–H and O–H groups in total. The van der Waals surface area contributed by atoms with Gasteiger partial charge in [-0.25, -0.2) is 0 Å². The third-order valence-corrected chi connectivity index (χ3v) is 4.41. The molecule has 0 aromatic heterocycles. The second-order valence-electron chi connectivity index (χ2n) is 6.12. The van der Waals surface area contributed by atoms with Gasteiger partial charge in [0.25, 0.3) is 0 Å². The standard InChI is InChI=1S/C17H23ClN2O2/c1-4-20-10-13(9-15(20)21)17(22)19-16(11(2)3)12-5-7-14(18)8-6-12/h5-8,11,13,16H,4,9-10H2,1-3H3,(H,19,22)/t13-,16+/m0/s1. The summed E-state index contributed by atoms with van der Waals surface area (Å²) >= 11 is 5.92. The summed E-state index contributed by atoms with van der Waals surface area (Å²) in [6, 6.07) is 7.46. The number of halogens is 1. The molecule has 1 aromatic rings. The van der Waals surface area contributed by atoms with Gasteiger partial charge < -0.3 is 10.2 Å². The lowest BCUT2D eigenvalue weighted by Gasteiger charge is -2.24. The Balaban J connectivity index is 2.07. The van der Waals surface area contributed by atoms with Crippen molar-refractivity contribution in [3.63, 3.8) is 0 Å². The van der Waals surface area contributed by atoms with Gasteiger partial charge in [0.15, 0.2) is 0 Å². The molecule has 1 aromatic carbocycles. The molecule has 0 unspecified atom stereocenters. The molecule has 0 spiro atoms. The van der Waals surface area contributed by atoms with Crippen LogP contribution in [0.5, 0.6) is 0 Å². The SMILES string of the molecule is CCN1C[C@@H](C(=O)N[C@@H](c2ccc(Cl)cc2)C(C)C)CC1=O. The van der Waals surface area contributed by atoms with Crippen LogP contribution in [0.2, 0.25) is 5.02 Å². The Kier molecular flexibility index (Phi) is 5.46. The van der Waals surface area contributed by atoms with E-state index in [2.05, 4.69) is 19.2 Å². The molecule has 0 bridgehead atoms. The van der Waals surface area contributed by atoms with E-state index in [-0.39, 0.29) is 29.7 Å². The third-order valence-electron chi connectivity index (χ3n) is 4.16. The Morgan fingerprint density at radius 1 is 1.36 bits per heavy atom. The van der Waals surface area contributed by atoms with E-state index in [0.29, 0.717) is 24.5 Å². The predicted molar refractivity (Wildman–Crippen MR) is 87.5 cm³/mol. The van der Waals surface area contributed by atoms with Gasteiger partial charge in [0, 0.05) is 24.5 Å². The number of likely N-dealkylation sites (tertiary alicyclic amines) is 1. The Labute approximate surface area is 136 Å². The number of carbonyl (C=O) groups excluding carboxylic acids is 2. The molecule has 2 rings (SSSR count). The van der Waals surface area contributed by atoms with Crippen molar-refractivity contribution in [2.45, 2.75) is 33.2 Å². The van der Waals surface area contributed by atoms with Crippen LogP contribution in [0, 0.1) is 11.8 Å². The maximum Gasteiger partial charge on any atom is 0.225 e. The van der Waals surface area contributed by atoms with E-state index in [1.54, 1.807) is 4.90 Å². The molecule has 2 atom stereocenters. The summed E-state index contributed by atoms with van der Waals surface area (Å²) in [5.74, 6) is 0.0266. The average Bonchev–Trinajstić information content (AvgIpc) is 2.86. The quantitative estimate of drug-likeness (QED) is 0.906. The van der Waals surface area contributed by atoms with E-state index in [9.17, 15) is 9.59 Å². The first-order valence-electron chi connectivity index (χ1n) is 7.76. The molecule has 0 aliphatic carbocycles. The summed E-state index contributed by atoms with van der Waals surface area (Å²) in [5.41, 5.74) is 1.03. The number of nitrogens with one attached hydrogen (secondary N) is 1. The maximum absolute atomic E-state index is 12.5. The lowest BCUT2D eigenvalue weighted by molar-refractivity contribution is -0.129. The number of hydrogen-bond donors (Lipinski definition) is 1. The van der Waals surface area contributed by atoms with Crippen molar-refractivity contribution in [2.75, 3.05) is 13.1 Å². The molecule has 1 saturated heterocycles. The zero-order valence-electron chi connectivity index (χ0n) is 13.3. The molecule has 1 fully saturated rings. The van der Waals surface area contributed by atoms with Crippen molar-refractivity contribution in [3.05, 3.63) is 34.9 Å². The van der Waals surface area contributed by atoms with E-state index in [4.69, 9.17) is 11.6 Å². The minimum Gasteiger partial charge on any atom is -0.349 e. The highest BCUT2D eigenvalue weighted by Crippen LogP contribution is 2.25. The van der Waals surface area contributed by atoms with Crippen molar-refractivity contribution < 1.29 is 9.59 Å². The van der Waals surface area contributed by atoms with Crippen LogP contribution in [0.4, 0.5) is 0 Å². The average molecular weight is 323 g/mol. The van der Waals surface area contributed by atoms with E-state index in [0.717, 1.165) is 5.56 Å².